The Kier molecular flexibility index (Phi) is 2.06. The van der Waals surface area contributed by atoms with Crippen LogP contribution in [0.4, 0.5) is 0 Å². The molecule has 58 valence electrons. The molecule has 0 aliphatic carbocycles. The monoisotopic (exact) mass is 153 g/mol. The molecule has 4 heteroatoms. The van der Waals surface area contributed by atoms with E-state index in [-0.39, 0.29) is 18.0 Å². The lowest BCUT2D eigenvalue weighted by molar-refractivity contribution is 0.449. The molecule has 11 heavy (non-hydrogen) atoms. The van der Waals surface area contributed by atoms with E-state index in [9.17, 15) is 4.91 Å². The second kappa shape index (κ2) is 3.01. The predicted octanol–water partition coefficient (Wildman–Crippen LogP) is 1.36. The summed E-state index contributed by atoms with van der Waals surface area (Å²) in [6, 6.07) is 3.94. The second-order valence-corrected chi connectivity index (χ2v) is 2.14. The summed E-state index contributed by atoms with van der Waals surface area (Å²) in [5.74, 6) is -0.132. The van der Waals surface area contributed by atoms with Crippen molar-refractivity contribution in [2.24, 2.45) is 5.18 Å². The summed E-state index contributed by atoms with van der Waals surface area (Å²) in [5.41, 5.74) is 0.498. The van der Waals surface area contributed by atoms with Crippen LogP contribution in [0.2, 0.25) is 0 Å². The van der Waals surface area contributed by atoms with E-state index in [1.54, 1.807) is 0 Å². The number of nitrogens with zero attached hydrogens (tertiary/aromatic N) is 1. The molecule has 0 heterocycles. The summed E-state index contributed by atoms with van der Waals surface area (Å²) in [7, 11) is 0. The van der Waals surface area contributed by atoms with Crippen molar-refractivity contribution in [3.05, 3.63) is 28.7 Å². The minimum atomic E-state index is -0.0661. The van der Waals surface area contributed by atoms with Crippen molar-refractivity contribution in [2.45, 2.75) is 6.54 Å². The van der Waals surface area contributed by atoms with Crippen LogP contribution in [0.3, 0.4) is 0 Å². The Hall–Kier alpha value is -1.58. The van der Waals surface area contributed by atoms with Crippen LogP contribution in [0.25, 0.3) is 0 Å². The molecule has 0 fully saturated rings. The third kappa shape index (κ3) is 1.93. The SMILES string of the molecule is O=NCc1cc(O)cc(O)c1. The normalized spacial score (nSPS) is 9.45. The quantitative estimate of drug-likeness (QED) is 0.630. The first-order valence-electron chi connectivity index (χ1n) is 3.03. The van der Waals surface area contributed by atoms with E-state index in [2.05, 4.69) is 5.18 Å². The van der Waals surface area contributed by atoms with Gasteiger partial charge in [-0.05, 0) is 17.7 Å². The topological polar surface area (TPSA) is 69.9 Å². The first-order chi connectivity index (χ1) is 5.22. The molecule has 1 aromatic rings. The smallest absolute Gasteiger partial charge is 0.119 e. The number of hydrogen-bond acceptors (Lipinski definition) is 4. The highest BCUT2D eigenvalue weighted by Gasteiger charge is 1.97. The van der Waals surface area contributed by atoms with E-state index < -0.39 is 0 Å². The molecule has 0 amide bonds. The number of benzene rings is 1. The number of rotatable bonds is 2. The number of phenols is 2. The van der Waals surface area contributed by atoms with Crippen molar-refractivity contribution in [3.8, 4) is 11.5 Å². The Balaban J connectivity index is 2.98. The Bertz CT molecular complexity index is 252. The molecule has 0 spiro atoms. The lowest BCUT2D eigenvalue weighted by atomic mass is 10.2. The number of hydrogen-bond donors (Lipinski definition) is 2. The van der Waals surface area contributed by atoms with Crippen molar-refractivity contribution in [1.29, 1.82) is 0 Å². The minimum Gasteiger partial charge on any atom is -0.508 e. The van der Waals surface area contributed by atoms with Gasteiger partial charge in [0, 0.05) is 6.07 Å². The fourth-order valence-electron chi connectivity index (χ4n) is 0.822. The van der Waals surface area contributed by atoms with Crippen LogP contribution in [0.5, 0.6) is 11.5 Å². The van der Waals surface area contributed by atoms with Gasteiger partial charge in [0.25, 0.3) is 0 Å². The molecule has 1 aromatic carbocycles. The maximum atomic E-state index is 9.78. The van der Waals surface area contributed by atoms with Gasteiger partial charge >= 0.3 is 0 Å². The maximum Gasteiger partial charge on any atom is 0.119 e. The summed E-state index contributed by atoms with van der Waals surface area (Å²) >= 11 is 0. The highest BCUT2D eigenvalue weighted by molar-refractivity contribution is 5.36. The van der Waals surface area contributed by atoms with Crippen LogP contribution in [-0.2, 0) is 6.54 Å². The molecular weight excluding hydrogens is 146 g/mol. The minimum absolute atomic E-state index is 0.0397. The van der Waals surface area contributed by atoms with E-state index in [4.69, 9.17) is 10.2 Å². The van der Waals surface area contributed by atoms with E-state index in [0.717, 1.165) is 0 Å². The van der Waals surface area contributed by atoms with Crippen molar-refractivity contribution >= 4 is 0 Å². The highest BCUT2D eigenvalue weighted by Crippen LogP contribution is 2.20. The lowest BCUT2D eigenvalue weighted by Crippen LogP contribution is -1.79. The van der Waals surface area contributed by atoms with Gasteiger partial charge < -0.3 is 10.2 Å². The van der Waals surface area contributed by atoms with E-state index in [1.165, 1.54) is 18.2 Å². The zero-order valence-electron chi connectivity index (χ0n) is 5.69. The lowest BCUT2D eigenvalue weighted by Gasteiger charge is -1.97. The second-order valence-electron chi connectivity index (χ2n) is 2.14. The predicted molar refractivity (Wildman–Crippen MR) is 39.3 cm³/mol. The molecule has 0 aliphatic rings. The van der Waals surface area contributed by atoms with Gasteiger partial charge in [0.2, 0.25) is 0 Å². The van der Waals surface area contributed by atoms with Gasteiger partial charge in [0.05, 0.1) is 0 Å². The Labute approximate surface area is 63.1 Å². The van der Waals surface area contributed by atoms with E-state index >= 15 is 0 Å². The molecule has 0 atom stereocenters. The molecule has 0 unspecified atom stereocenters. The van der Waals surface area contributed by atoms with Gasteiger partial charge in [0.15, 0.2) is 0 Å². The van der Waals surface area contributed by atoms with Gasteiger partial charge in [0.1, 0.15) is 18.0 Å². The molecule has 0 aromatic heterocycles. The summed E-state index contributed by atoms with van der Waals surface area (Å²) in [5, 5.41) is 20.4. The van der Waals surface area contributed by atoms with Crippen LogP contribution in [0.15, 0.2) is 23.4 Å². The fourth-order valence-corrected chi connectivity index (χ4v) is 0.822. The molecule has 4 nitrogen and oxygen atoms in total. The Morgan fingerprint density at radius 1 is 1.18 bits per heavy atom. The van der Waals surface area contributed by atoms with Crippen LogP contribution >= 0.6 is 0 Å². The molecule has 2 N–H and O–H groups in total. The van der Waals surface area contributed by atoms with Crippen LogP contribution in [0.1, 0.15) is 5.56 Å². The molecule has 1 rings (SSSR count). The molecule has 0 aliphatic heterocycles. The molecule has 0 bridgehead atoms. The average Bonchev–Trinajstić information content (AvgIpc) is 1.85. The largest absolute Gasteiger partial charge is 0.508 e. The molecule has 0 saturated carbocycles. The average molecular weight is 153 g/mol. The van der Waals surface area contributed by atoms with Crippen molar-refractivity contribution < 1.29 is 10.2 Å². The zero-order valence-corrected chi connectivity index (χ0v) is 5.69. The molecular formula is C7H7NO3. The summed E-state index contributed by atoms with van der Waals surface area (Å²) in [4.78, 5) is 9.78. The molecule has 0 radical (unpaired) electrons. The number of aromatic hydroxyl groups is 2. The molecule has 0 saturated heterocycles. The van der Waals surface area contributed by atoms with Gasteiger partial charge in [-0.15, -0.1) is 0 Å². The highest BCUT2D eigenvalue weighted by atomic mass is 16.3. The Morgan fingerprint density at radius 2 is 1.73 bits per heavy atom. The van der Waals surface area contributed by atoms with Gasteiger partial charge in [-0.1, -0.05) is 5.18 Å². The van der Waals surface area contributed by atoms with Crippen LogP contribution in [0, 0.1) is 4.91 Å². The van der Waals surface area contributed by atoms with Crippen molar-refractivity contribution in [1.82, 2.24) is 0 Å². The first-order valence-corrected chi connectivity index (χ1v) is 3.03. The number of nitroso groups, excluding NO2 is 1. The van der Waals surface area contributed by atoms with E-state index in [0.29, 0.717) is 5.56 Å². The third-order valence-electron chi connectivity index (χ3n) is 1.21. The number of phenolic OH excluding ortho intramolecular Hbond substituents is 2. The first kappa shape index (κ1) is 7.53. The van der Waals surface area contributed by atoms with Crippen LogP contribution < -0.4 is 0 Å². The summed E-state index contributed by atoms with van der Waals surface area (Å²) < 4.78 is 0. The van der Waals surface area contributed by atoms with Gasteiger partial charge in [-0.25, -0.2) is 0 Å². The zero-order chi connectivity index (χ0) is 8.27. The van der Waals surface area contributed by atoms with Gasteiger partial charge in [-0.2, -0.15) is 4.91 Å². The maximum absolute atomic E-state index is 9.78. The standard InChI is InChI=1S/C7H7NO3/c9-6-1-5(4-8-11)2-7(10)3-6/h1-3,9-10H,4H2. The summed E-state index contributed by atoms with van der Waals surface area (Å²) in [6.07, 6.45) is 0. The summed E-state index contributed by atoms with van der Waals surface area (Å²) in [6.45, 7) is -0.0397. The van der Waals surface area contributed by atoms with Crippen molar-refractivity contribution in [3.63, 3.8) is 0 Å². The van der Waals surface area contributed by atoms with Gasteiger partial charge in [-0.3, -0.25) is 0 Å². The van der Waals surface area contributed by atoms with E-state index in [1.807, 2.05) is 0 Å². The third-order valence-corrected chi connectivity index (χ3v) is 1.21. The fraction of sp³-hybridized carbons (Fsp3) is 0.143. The van der Waals surface area contributed by atoms with Crippen LogP contribution in [-0.4, -0.2) is 10.2 Å². The Morgan fingerprint density at radius 3 is 2.18 bits per heavy atom. The van der Waals surface area contributed by atoms with Crippen molar-refractivity contribution in [2.75, 3.05) is 0 Å².